The van der Waals surface area contributed by atoms with Gasteiger partial charge in [-0.2, -0.15) is 0 Å². The zero-order valence-corrected chi connectivity index (χ0v) is 12.6. The number of amides is 1. The number of alkyl halides is 1. The number of carbonyl (C=O) groups is 1. The standard InChI is InChI=1S/C12H18INO4/c1-8(18-12(14)15)11(17-7-16-2)9-5-3-4-6-10(9)13/h3-6,8-11H,7H2,1-2H3,(H2,14,15)/t8-,9?,10?,11+/m1/s1. The van der Waals surface area contributed by atoms with Crippen LogP contribution in [-0.4, -0.2) is 36.1 Å². The van der Waals surface area contributed by atoms with Gasteiger partial charge in [0.15, 0.2) is 0 Å². The van der Waals surface area contributed by atoms with Crippen molar-refractivity contribution >= 4 is 28.7 Å². The van der Waals surface area contributed by atoms with Crippen molar-refractivity contribution in [3.63, 3.8) is 0 Å². The molecule has 0 fully saturated rings. The van der Waals surface area contributed by atoms with Gasteiger partial charge in [0.25, 0.3) is 0 Å². The summed E-state index contributed by atoms with van der Waals surface area (Å²) in [6.45, 7) is 1.91. The molecule has 0 aliphatic heterocycles. The Morgan fingerprint density at radius 3 is 2.67 bits per heavy atom. The van der Waals surface area contributed by atoms with Gasteiger partial charge in [-0.3, -0.25) is 0 Å². The second kappa shape index (κ2) is 7.75. The number of hydrogen-bond donors (Lipinski definition) is 1. The quantitative estimate of drug-likeness (QED) is 0.443. The number of ether oxygens (including phenoxy) is 3. The van der Waals surface area contributed by atoms with E-state index in [4.69, 9.17) is 19.9 Å². The van der Waals surface area contributed by atoms with Crippen LogP contribution in [0.2, 0.25) is 0 Å². The minimum atomic E-state index is -0.797. The van der Waals surface area contributed by atoms with Gasteiger partial charge in [0.2, 0.25) is 0 Å². The van der Waals surface area contributed by atoms with Gasteiger partial charge in [0, 0.05) is 17.0 Å². The van der Waals surface area contributed by atoms with E-state index in [1.807, 2.05) is 18.2 Å². The van der Waals surface area contributed by atoms with E-state index in [0.29, 0.717) is 0 Å². The Balaban J connectivity index is 2.73. The van der Waals surface area contributed by atoms with Gasteiger partial charge in [0.1, 0.15) is 19.0 Å². The summed E-state index contributed by atoms with van der Waals surface area (Å²) in [7, 11) is 1.55. The maximum absolute atomic E-state index is 10.8. The van der Waals surface area contributed by atoms with Gasteiger partial charge in [0.05, 0.1) is 0 Å². The Hall–Kier alpha value is -0.600. The predicted molar refractivity (Wildman–Crippen MR) is 76.5 cm³/mol. The first-order valence-corrected chi connectivity index (χ1v) is 6.86. The maximum atomic E-state index is 10.8. The summed E-state index contributed by atoms with van der Waals surface area (Å²) in [4.78, 5) is 10.8. The molecule has 2 unspecified atom stereocenters. The number of methoxy groups -OCH3 is 1. The Kier molecular flexibility index (Phi) is 6.66. The van der Waals surface area contributed by atoms with Crippen LogP contribution in [0.25, 0.3) is 0 Å². The van der Waals surface area contributed by atoms with E-state index < -0.39 is 12.2 Å². The number of halogens is 1. The third-order valence-electron chi connectivity index (χ3n) is 2.63. The molecular weight excluding hydrogens is 349 g/mol. The molecule has 1 rings (SSSR count). The summed E-state index contributed by atoms with van der Waals surface area (Å²) in [6, 6.07) is 0. The molecule has 18 heavy (non-hydrogen) atoms. The van der Waals surface area contributed by atoms with E-state index in [1.165, 1.54) is 0 Å². The Morgan fingerprint density at radius 2 is 2.11 bits per heavy atom. The number of allylic oxidation sites excluding steroid dienone is 3. The van der Waals surface area contributed by atoms with E-state index in [0.717, 1.165) is 0 Å². The highest BCUT2D eigenvalue weighted by molar-refractivity contribution is 14.1. The van der Waals surface area contributed by atoms with Crippen molar-refractivity contribution in [3.05, 3.63) is 24.3 Å². The fourth-order valence-corrected chi connectivity index (χ4v) is 2.73. The number of carbonyl (C=O) groups excluding carboxylic acids is 1. The molecule has 1 aliphatic carbocycles. The topological polar surface area (TPSA) is 70.8 Å². The van der Waals surface area contributed by atoms with Crippen molar-refractivity contribution < 1.29 is 19.0 Å². The van der Waals surface area contributed by atoms with Crippen LogP contribution in [-0.2, 0) is 14.2 Å². The molecule has 0 aromatic rings. The molecular formula is C12H18INO4. The van der Waals surface area contributed by atoms with Gasteiger partial charge >= 0.3 is 6.09 Å². The van der Waals surface area contributed by atoms with Crippen LogP contribution in [0.5, 0.6) is 0 Å². The zero-order valence-electron chi connectivity index (χ0n) is 10.4. The average molecular weight is 367 g/mol. The SMILES string of the molecule is COCO[C@H](C1C=CC=CC1I)[C@@H](C)OC(N)=O. The van der Waals surface area contributed by atoms with Gasteiger partial charge < -0.3 is 19.9 Å². The number of hydrogen-bond acceptors (Lipinski definition) is 4. The molecule has 1 aliphatic rings. The second-order valence-electron chi connectivity index (χ2n) is 3.97. The predicted octanol–water partition coefficient (Wildman–Crippen LogP) is 2.01. The zero-order chi connectivity index (χ0) is 13.5. The monoisotopic (exact) mass is 367 g/mol. The van der Waals surface area contributed by atoms with Crippen molar-refractivity contribution in [2.75, 3.05) is 13.9 Å². The molecule has 0 saturated heterocycles. The summed E-state index contributed by atoms with van der Waals surface area (Å²) >= 11 is 2.32. The third kappa shape index (κ3) is 4.58. The van der Waals surface area contributed by atoms with Crippen LogP contribution in [0.4, 0.5) is 4.79 Å². The van der Waals surface area contributed by atoms with Gasteiger partial charge in [-0.1, -0.05) is 46.9 Å². The lowest BCUT2D eigenvalue weighted by Crippen LogP contribution is -2.41. The molecule has 5 nitrogen and oxygen atoms in total. The molecule has 6 heteroatoms. The largest absolute Gasteiger partial charge is 0.444 e. The lowest BCUT2D eigenvalue weighted by Gasteiger charge is -2.32. The van der Waals surface area contributed by atoms with Crippen LogP contribution in [0, 0.1) is 5.92 Å². The first kappa shape index (κ1) is 15.5. The highest BCUT2D eigenvalue weighted by Crippen LogP contribution is 2.28. The summed E-state index contributed by atoms with van der Waals surface area (Å²) in [5, 5.41) is 0. The molecule has 4 atom stereocenters. The second-order valence-corrected chi connectivity index (χ2v) is 5.41. The van der Waals surface area contributed by atoms with Crippen molar-refractivity contribution in [1.82, 2.24) is 0 Å². The van der Waals surface area contributed by atoms with E-state index in [9.17, 15) is 4.79 Å². The molecule has 102 valence electrons. The molecule has 1 amide bonds. The summed E-state index contributed by atoms with van der Waals surface area (Å²) in [5.41, 5.74) is 5.04. The summed E-state index contributed by atoms with van der Waals surface area (Å²) in [5.74, 6) is 0.111. The van der Waals surface area contributed by atoms with Crippen molar-refractivity contribution in [1.29, 1.82) is 0 Å². The molecule has 0 heterocycles. The van der Waals surface area contributed by atoms with E-state index in [-0.39, 0.29) is 22.7 Å². The van der Waals surface area contributed by atoms with E-state index in [1.54, 1.807) is 14.0 Å². The highest BCUT2D eigenvalue weighted by Gasteiger charge is 2.32. The van der Waals surface area contributed by atoms with Crippen LogP contribution < -0.4 is 5.73 Å². The first-order valence-electron chi connectivity index (χ1n) is 5.62. The van der Waals surface area contributed by atoms with Crippen molar-refractivity contribution in [2.24, 2.45) is 11.7 Å². The minimum Gasteiger partial charge on any atom is -0.444 e. The molecule has 0 spiro atoms. The molecule has 0 bridgehead atoms. The summed E-state index contributed by atoms with van der Waals surface area (Å²) < 4.78 is 15.8. The maximum Gasteiger partial charge on any atom is 0.404 e. The fraction of sp³-hybridized carbons (Fsp3) is 0.583. The first-order chi connectivity index (χ1) is 8.56. The smallest absolute Gasteiger partial charge is 0.404 e. The van der Waals surface area contributed by atoms with Gasteiger partial charge in [-0.15, -0.1) is 0 Å². The van der Waals surface area contributed by atoms with Crippen LogP contribution in [0.3, 0.4) is 0 Å². The van der Waals surface area contributed by atoms with Crippen LogP contribution in [0.1, 0.15) is 6.92 Å². The lowest BCUT2D eigenvalue weighted by atomic mass is 9.91. The molecule has 0 radical (unpaired) electrons. The molecule has 0 aromatic carbocycles. The lowest BCUT2D eigenvalue weighted by molar-refractivity contribution is -0.121. The fourth-order valence-electron chi connectivity index (χ4n) is 1.84. The highest BCUT2D eigenvalue weighted by atomic mass is 127. The summed E-state index contributed by atoms with van der Waals surface area (Å²) in [6.07, 6.45) is 6.54. The van der Waals surface area contributed by atoms with Gasteiger partial charge in [-0.25, -0.2) is 4.79 Å². The Bertz CT molecular complexity index is 332. The van der Waals surface area contributed by atoms with Gasteiger partial charge in [-0.05, 0) is 6.92 Å². The van der Waals surface area contributed by atoms with E-state index in [2.05, 4.69) is 28.7 Å². The van der Waals surface area contributed by atoms with Crippen molar-refractivity contribution in [3.8, 4) is 0 Å². The molecule has 0 aromatic heterocycles. The number of nitrogens with two attached hydrogens (primary N) is 1. The third-order valence-corrected chi connectivity index (χ3v) is 3.88. The minimum absolute atomic E-state index is 0.111. The Morgan fingerprint density at radius 1 is 1.44 bits per heavy atom. The molecule has 2 N–H and O–H groups in total. The normalized spacial score (nSPS) is 25.7. The van der Waals surface area contributed by atoms with Crippen molar-refractivity contribution in [2.45, 2.75) is 23.1 Å². The molecule has 0 saturated carbocycles. The van der Waals surface area contributed by atoms with Crippen LogP contribution >= 0.6 is 22.6 Å². The Labute approximate surface area is 120 Å². The van der Waals surface area contributed by atoms with E-state index >= 15 is 0 Å². The number of rotatable bonds is 6. The number of primary amides is 1. The average Bonchev–Trinajstić information content (AvgIpc) is 2.31. The van der Waals surface area contributed by atoms with Crippen LogP contribution in [0.15, 0.2) is 24.3 Å².